The van der Waals surface area contributed by atoms with Crippen LogP contribution in [0.3, 0.4) is 0 Å². The highest BCUT2D eigenvalue weighted by Gasteiger charge is 2.48. The maximum Gasteiger partial charge on any atom is 0.228 e. The molecule has 2 aliphatic heterocycles. The lowest BCUT2D eigenvalue weighted by molar-refractivity contribution is -0.132. The number of likely N-dealkylation sites (tertiary alicyclic amines) is 1. The van der Waals surface area contributed by atoms with Crippen LogP contribution < -0.4 is 0 Å². The number of morpholine rings is 1. The van der Waals surface area contributed by atoms with E-state index in [1.54, 1.807) is 0 Å². The van der Waals surface area contributed by atoms with Gasteiger partial charge in [-0.1, -0.05) is 13.3 Å². The van der Waals surface area contributed by atoms with Crippen LogP contribution in [0, 0.1) is 11.8 Å². The van der Waals surface area contributed by atoms with Gasteiger partial charge in [0.1, 0.15) is 0 Å². The van der Waals surface area contributed by atoms with Gasteiger partial charge >= 0.3 is 0 Å². The van der Waals surface area contributed by atoms with Crippen LogP contribution in [-0.2, 0) is 14.3 Å². The van der Waals surface area contributed by atoms with Gasteiger partial charge in [-0.25, -0.2) is 0 Å². The highest BCUT2D eigenvalue weighted by molar-refractivity contribution is 5.82. The number of amides is 1. The summed E-state index contributed by atoms with van der Waals surface area (Å²) in [6, 6.07) is 0.521. The fourth-order valence-electron chi connectivity index (χ4n) is 3.82. The summed E-state index contributed by atoms with van der Waals surface area (Å²) in [6.07, 6.45) is 2.25. The van der Waals surface area contributed by atoms with Crippen molar-refractivity contribution in [3.05, 3.63) is 0 Å². The average molecular weight is 296 g/mol. The second-order valence-electron chi connectivity index (χ2n) is 6.46. The Balaban J connectivity index is 1.57. The number of carbonyl (C=O) groups is 1. The van der Waals surface area contributed by atoms with E-state index in [1.807, 2.05) is 6.92 Å². The van der Waals surface area contributed by atoms with E-state index in [-0.39, 0.29) is 12.0 Å². The van der Waals surface area contributed by atoms with Gasteiger partial charge in [0.2, 0.25) is 5.91 Å². The second kappa shape index (κ2) is 6.63. The topological polar surface area (TPSA) is 42.0 Å². The number of hydrogen-bond donors (Lipinski definition) is 0. The molecule has 0 aromatic heterocycles. The molecule has 5 heteroatoms. The van der Waals surface area contributed by atoms with Crippen LogP contribution in [0.15, 0.2) is 0 Å². The molecule has 1 saturated carbocycles. The number of nitrogens with zero attached hydrogens (tertiary/aromatic N) is 2. The van der Waals surface area contributed by atoms with E-state index in [0.717, 1.165) is 52.2 Å². The first-order valence-electron chi connectivity index (χ1n) is 8.46. The van der Waals surface area contributed by atoms with Gasteiger partial charge in [0.05, 0.1) is 25.2 Å². The van der Waals surface area contributed by atoms with E-state index in [0.29, 0.717) is 24.5 Å². The SMILES string of the molecule is CCO[C@@H]1C[C@@H]1C(=O)N1C[C@@H](CC)[C@@H](N2CCOCC2)C1. The molecule has 3 rings (SSSR count). The Morgan fingerprint density at radius 3 is 2.67 bits per heavy atom. The largest absolute Gasteiger partial charge is 0.379 e. The van der Waals surface area contributed by atoms with Crippen molar-refractivity contribution in [3.63, 3.8) is 0 Å². The zero-order valence-corrected chi connectivity index (χ0v) is 13.3. The summed E-state index contributed by atoms with van der Waals surface area (Å²) in [7, 11) is 0. The van der Waals surface area contributed by atoms with Crippen LogP contribution >= 0.6 is 0 Å². The summed E-state index contributed by atoms with van der Waals surface area (Å²) in [5.74, 6) is 1.06. The summed E-state index contributed by atoms with van der Waals surface area (Å²) in [4.78, 5) is 17.2. The zero-order chi connectivity index (χ0) is 14.8. The van der Waals surface area contributed by atoms with Gasteiger partial charge in [-0.15, -0.1) is 0 Å². The smallest absolute Gasteiger partial charge is 0.228 e. The highest BCUT2D eigenvalue weighted by atomic mass is 16.5. The Kier molecular flexibility index (Phi) is 4.82. The normalized spacial score (nSPS) is 37.0. The fourth-order valence-corrected chi connectivity index (χ4v) is 3.82. The Morgan fingerprint density at radius 1 is 1.24 bits per heavy atom. The highest BCUT2D eigenvalue weighted by Crippen LogP contribution is 2.37. The molecule has 4 atom stereocenters. The summed E-state index contributed by atoms with van der Waals surface area (Å²) in [6.45, 7) is 10.4. The lowest BCUT2D eigenvalue weighted by atomic mass is 9.99. The van der Waals surface area contributed by atoms with Gasteiger partial charge in [-0.05, 0) is 19.3 Å². The monoisotopic (exact) mass is 296 g/mol. The molecule has 1 aliphatic carbocycles. The third kappa shape index (κ3) is 3.25. The summed E-state index contributed by atoms with van der Waals surface area (Å²) in [5.41, 5.74) is 0. The summed E-state index contributed by atoms with van der Waals surface area (Å²) < 4.78 is 11.0. The predicted octanol–water partition coefficient (Wildman–Crippen LogP) is 0.981. The number of ether oxygens (including phenoxy) is 2. The average Bonchev–Trinajstić information content (AvgIpc) is 3.15. The molecule has 0 aromatic rings. The van der Waals surface area contributed by atoms with Gasteiger partial charge in [0.15, 0.2) is 0 Å². The maximum atomic E-state index is 12.6. The van der Waals surface area contributed by atoms with E-state index in [4.69, 9.17) is 9.47 Å². The van der Waals surface area contributed by atoms with Crippen molar-refractivity contribution in [2.45, 2.75) is 38.8 Å². The first kappa shape index (κ1) is 15.3. The van der Waals surface area contributed by atoms with E-state index in [9.17, 15) is 4.79 Å². The van der Waals surface area contributed by atoms with E-state index < -0.39 is 0 Å². The van der Waals surface area contributed by atoms with Crippen LogP contribution in [0.25, 0.3) is 0 Å². The summed E-state index contributed by atoms with van der Waals surface area (Å²) in [5, 5.41) is 0. The van der Waals surface area contributed by atoms with Crippen LogP contribution in [0.5, 0.6) is 0 Å². The Labute approximate surface area is 127 Å². The minimum atomic E-state index is 0.130. The standard InChI is InChI=1S/C16H28N2O3/c1-3-12-10-18(16(19)13-9-15(13)21-4-2)11-14(12)17-5-7-20-8-6-17/h12-15H,3-11H2,1-2H3/t12-,13+,14+,15-/m1/s1. The van der Waals surface area contributed by atoms with Gasteiger partial charge in [-0.3, -0.25) is 9.69 Å². The van der Waals surface area contributed by atoms with Gasteiger partial charge in [0.25, 0.3) is 0 Å². The molecule has 1 amide bonds. The molecule has 0 radical (unpaired) electrons. The fraction of sp³-hybridized carbons (Fsp3) is 0.938. The lowest BCUT2D eigenvalue weighted by Crippen LogP contribution is -2.47. The van der Waals surface area contributed by atoms with E-state index >= 15 is 0 Å². The predicted molar refractivity (Wildman–Crippen MR) is 80.1 cm³/mol. The number of carbonyl (C=O) groups excluding carboxylic acids is 1. The molecule has 120 valence electrons. The zero-order valence-electron chi connectivity index (χ0n) is 13.3. The minimum Gasteiger partial charge on any atom is -0.379 e. The lowest BCUT2D eigenvalue weighted by Gasteiger charge is -2.34. The van der Waals surface area contributed by atoms with Gasteiger partial charge in [-0.2, -0.15) is 0 Å². The van der Waals surface area contributed by atoms with Gasteiger partial charge < -0.3 is 14.4 Å². The number of hydrogen-bond acceptors (Lipinski definition) is 4. The first-order valence-corrected chi connectivity index (χ1v) is 8.46. The Hall–Kier alpha value is -0.650. The Morgan fingerprint density at radius 2 is 2.00 bits per heavy atom. The molecular weight excluding hydrogens is 268 g/mol. The van der Waals surface area contributed by atoms with Crippen LogP contribution in [0.1, 0.15) is 26.7 Å². The molecule has 3 fully saturated rings. The van der Waals surface area contributed by atoms with E-state index in [1.165, 1.54) is 0 Å². The molecule has 0 N–H and O–H groups in total. The van der Waals surface area contributed by atoms with Crippen molar-refractivity contribution in [1.82, 2.24) is 9.80 Å². The Bertz CT molecular complexity index is 371. The van der Waals surface area contributed by atoms with Crippen molar-refractivity contribution in [1.29, 1.82) is 0 Å². The van der Waals surface area contributed by atoms with Crippen LogP contribution in [0.4, 0.5) is 0 Å². The molecule has 3 aliphatic rings. The van der Waals surface area contributed by atoms with Crippen LogP contribution in [-0.4, -0.2) is 73.9 Å². The molecule has 5 nitrogen and oxygen atoms in total. The van der Waals surface area contributed by atoms with Crippen molar-refractivity contribution < 1.29 is 14.3 Å². The van der Waals surface area contributed by atoms with Gasteiger partial charge in [0, 0.05) is 38.8 Å². The quantitative estimate of drug-likeness (QED) is 0.758. The molecular formula is C16H28N2O3. The molecule has 0 bridgehead atoms. The maximum absolute atomic E-state index is 12.6. The van der Waals surface area contributed by atoms with Crippen molar-refractivity contribution in [2.24, 2.45) is 11.8 Å². The molecule has 0 spiro atoms. The first-order chi connectivity index (χ1) is 10.2. The third-order valence-corrected chi connectivity index (χ3v) is 5.19. The molecule has 0 unspecified atom stereocenters. The third-order valence-electron chi connectivity index (χ3n) is 5.19. The van der Waals surface area contributed by atoms with Crippen molar-refractivity contribution >= 4 is 5.91 Å². The molecule has 0 aromatic carbocycles. The van der Waals surface area contributed by atoms with Crippen LogP contribution in [0.2, 0.25) is 0 Å². The van der Waals surface area contributed by atoms with Crippen molar-refractivity contribution in [2.75, 3.05) is 46.0 Å². The van der Waals surface area contributed by atoms with Crippen molar-refractivity contribution in [3.8, 4) is 0 Å². The second-order valence-corrected chi connectivity index (χ2v) is 6.46. The summed E-state index contributed by atoms with van der Waals surface area (Å²) >= 11 is 0. The molecule has 2 heterocycles. The minimum absolute atomic E-state index is 0.130. The van der Waals surface area contributed by atoms with E-state index in [2.05, 4.69) is 16.7 Å². The molecule has 2 saturated heterocycles. The number of rotatable bonds is 5. The molecule has 21 heavy (non-hydrogen) atoms.